The van der Waals surface area contributed by atoms with Crippen LogP contribution in [0.15, 0.2) is 36.4 Å². The molecule has 2 aromatic carbocycles. The van der Waals surface area contributed by atoms with Crippen molar-refractivity contribution in [3.05, 3.63) is 63.1 Å². The molecule has 5 nitrogen and oxygen atoms in total. The van der Waals surface area contributed by atoms with Crippen molar-refractivity contribution in [2.24, 2.45) is 0 Å². The average molecular weight is 501 g/mol. The normalized spacial score (nSPS) is 19.6. The van der Waals surface area contributed by atoms with E-state index in [0.29, 0.717) is 15.8 Å². The Balaban J connectivity index is 1.70. The van der Waals surface area contributed by atoms with Crippen molar-refractivity contribution in [2.45, 2.75) is 50.7 Å². The fourth-order valence-corrected chi connectivity index (χ4v) is 5.06. The van der Waals surface area contributed by atoms with Crippen molar-refractivity contribution < 1.29 is 23.0 Å². The Morgan fingerprint density at radius 3 is 2.22 bits per heavy atom. The SMILES string of the molecule is CC1(CCc2c(Cl)cc(C(C)(C)c3ccc(OC[C@H](O)CS(C)(=O)=O)cc3)cc2Cl)CO1. The molecule has 32 heavy (non-hydrogen) atoms. The highest BCUT2D eigenvalue weighted by molar-refractivity contribution is 7.90. The predicted octanol–water partition coefficient (Wildman–Crippen LogP) is 4.83. The zero-order chi connectivity index (χ0) is 23.7. The van der Waals surface area contributed by atoms with Crippen LogP contribution in [0.4, 0.5) is 0 Å². The molecular weight excluding hydrogens is 471 g/mol. The van der Waals surface area contributed by atoms with E-state index >= 15 is 0 Å². The molecular formula is C24H30Cl2O5S. The Bertz CT molecular complexity index is 1040. The maximum absolute atomic E-state index is 11.3. The zero-order valence-electron chi connectivity index (χ0n) is 18.8. The number of sulfone groups is 1. The Morgan fingerprint density at radius 2 is 1.72 bits per heavy atom. The minimum Gasteiger partial charge on any atom is -0.491 e. The Kier molecular flexibility index (Phi) is 7.52. The van der Waals surface area contributed by atoms with Crippen molar-refractivity contribution in [3.8, 4) is 5.75 Å². The first-order chi connectivity index (χ1) is 14.8. The fraction of sp³-hybridized carbons (Fsp3) is 0.500. The van der Waals surface area contributed by atoms with Crippen molar-refractivity contribution in [1.29, 1.82) is 0 Å². The fourth-order valence-electron chi connectivity index (χ4n) is 3.58. The van der Waals surface area contributed by atoms with E-state index in [0.717, 1.165) is 42.4 Å². The van der Waals surface area contributed by atoms with Crippen LogP contribution in [0.1, 0.15) is 43.9 Å². The van der Waals surface area contributed by atoms with Gasteiger partial charge < -0.3 is 14.6 Å². The molecule has 1 saturated heterocycles. The summed E-state index contributed by atoms with van der Waals surface area (Å²) < 4.78 is 33.5. The summed E-state index contributed by atoms with van der Waals surface area (Å²) >= 11 is 13.2. The molecule has 0 amide bonds. The molecule has 176 valence electrons. The lowest BCUT2D eigenvalue weighted by atomic mass is 9.78. The topological polar surface area (TPSA) is 76.1 Å². The summed E-state index contributed by atoms with van der Waals surface area (Å²) in [5.41, 5.74) is 2.59. The van der Waals surface area contributed by atoms with Gasteiger partial charge in [0.2, 0.25) is 0 Å². The molecule has 1 N–H and O–H groups in total. The van der Waals surface area contributed by atoms with Crippen LogP contribution in [0.5, 0.6) is 5.75 Å². The number of epoxide rings is 1. The Hall–Kier alpha value is -1.31. The average Bonchev–Trinajstić information content (AvgIpc) is 3.42. The second-order valence-electron chi connectivity index (χ2n) is 9.36. The van der Waals surface area contributed by atoms with Gasteiger partial charge in [0, 0.05) is 21.7 Å². The summed E-state index contributed by atoms with van der Waals surface area (Å²) in [6, 6.07) is 11.4. The lowest BCUT2D eigenvalue weighted by Gasteiger charge is -2.27. The van der Waals surface area contributed by atoms with Gasteiger partial charge >= 0.3 is 0 Å². The molecule has 0 bridgehead atoms. The quantitative estimate of drug-likeness (QED) is 0.473. The number of hydrogen-bond acceptors (Lipinski definition) is 5. The summed E-state index contributed by atoms with van der Waals surface area (Å²) in [7, 11) is -3.26. The molecule has 1 aliphatic rings. The van der Waals surface area contributed by atoms with Crippen LogP contribution in [-0.2, 0) is 26.4 Å². The van der Waals surface area contributed by atoms with Crippen molar-refractivity contribution in [2.75, 3.05) is 25.2 Å². The van der Waals surface area contributed by atoms with E-state index in [1.54, 1.807) is 12.1 Å². The smallest absolute Gasteiger partial charge is 0.150 e. The summed E-state index contributed by atoms with van der Waals surface area (Å²) in [4.78, 5) is 0. The number of aliphatic hydroxyl groups is 1. The van der Waals surface area contributed by atoms with Gasteiger partial charge in [0.1, 0.15) is 28.3 Å². The lowest BCUT2D eigenvalue weighted by Crippen LogP contribution is -2.26. The largest absolute Gasteiger partial charge is 0.491 e. The molecule has 8 heteroatoms. The van der Waals surface area contributed by atoms with Crippen LogP contribution in [0, 0.1) is 0 Å². The number of halogens is 2. The molecule has 1 fully saturated rings. The van der Waals surface area contributed by atoms with Crippen LogP contribution >= 0.6 is 23.2 Å². The van der Waals surface area contributed by atoms with E-state index in [9.17, 15) is 13.5 Å². The van der Waals surface area contributed by atoms with Gasteiger partial charge in [-0.3, -0.25) is 0 Å². The van der Waals surface area contributed by atoms with Crippen LogP contribution in [-0.4, -0.2) is 50.5 Å². The number of aliphatic hydroxyl groups excluding tert-OH is 1. The van der Waals surface area contributed by atoms with Gasteiger partial charge in [0.05, 0.1) is 18.0 Å². The predicted molar refractivity (Wildman–Crippen MR) is 129 cm³/mol. The second kappa shape index (κ2) is 9.51. The van der Waals surface area contributed by atoms with Gasteiger partial charge in [-0.25, -0.2) is 8.42 Å². The maximum Gasteiger partial charge on any atom is 0.150 e. The molecule has 3 rings (SSSR count). The van der Waals surface area contributed by atoms with Crippen LogP contribution in [0.3, 0.4) is 0 Å². The molecule has 2 aromatic rings. The molecule has 0 radical (unpaired) electrons. The Labute approximate surface area is 200 Å². The number of rotatable bonds is 10. The van der Waals surface area contributed by atoms with Gasteiger partial charge in [0.15, 0.2) is 0 Å². The summed E-state index contributed by atoms with van der Waals surface area (Å²) in [5, 5.41) is 11.1. The summed E-state index contributed by atoms with van der Waals surface area (Å²) in [5.74, 6) is 0.223. The maximum atomic E-state index is 11.3. The van der Waals surface area contributed by atoms with Crippen LogP contribution in [0.2, 0.25) is 10.0 Å². The van der Waals surface area contributed by atoms with Gasteiger partial charge in [-0.1, -0.05) is 49.2 Å². The third-order valence-electron chi connectivity index (χ3n) is 5.92. The molecule has 0 spiro atoms. The minimum atomic E-state index is -3.26. The van der Waals surface area contributed by atoms with Crippen molar-refractivity contribution >= 4 is 33.0 Å². The highest BCUT2D eigenvalue weighted by Crippen LogP contribution is 2.39. The van der Waals surface area contributed by atoms with Crippen molar-refractivity contribution in [3.63, 3.8) is 0 Å². The first-order valence-corrected chi connectivity index (χ1v) is 13.3. The molecule has 0 saturated carbocycles. The molecule has 1 heterocycles. The summed E-state index contributed by atoms with van der Waals surface area (Å²) in [6.45, 7) is 6.97. The van der Waals surface area contributed by atoms with Crippen LogP contribution in [0.25, 0.3) is 0 Å². The van der Waals surface area contributed by atoms with E-state index in [1.165, 1.54) is 0 Å². The standard InChI is InChI=1S/C24H30Cl2O5S/c1-23(2,16-5-7-19(8-6-16)30-13-18(27)14-32(4,28)29)17-11-21(25)20(22(26)12-17)9-10-24(3)15-31-24/h5-8,11-12,18,27H,9-10,13-15H2,1-4H3/t18-,24?/m0/s1. The van der Waals surface area contributed by atoms with Crippen molar-refractivity contribution in [1.82, 2.24) is 0 Å². The van der Waals surface area contributed by atoms with Crippen LogP contribution < -0.4 is 4.74 Å². The highest BCUT2D eigenvalue weighted by Gasteiger charge is 2.38. The molecule has 2 atom stereocenters. The monoisotopic (exact) mass is 500 g/mol. The lowest BCUT2D eigenvalue weighted by molar-refractivity contribution is 0.125. The van der Waals surface area contributed by atoms with E-state index in [4.69, 9.17) is 32.7 Å². The van der Waals surface area contributed by atoms with E-state index < -0.39 is 15.9 Å². The van der Waals surface area contributed by atoms with Gasteiger partial charge in [-0.15, -0.1) is 0 Å². The number of ether oxygens (including phenoxy) is 2. The Morgan fingerprint density at radius 1 is 1.16 bits per heavy atom. The zero-order valence-corrected chi connectivity index (χ0v) is 21.1. The number of benzene rings is 2. The summed E-state index contributed by atoms with van der Waals surface area (Å²) in [6.07, 6.45) is 1.67. The van der Waals surface area contributed by atoms with Gasteiger partial charge in [0.25, 0.3) is 0 Å². The molecule has 0 aromatic heterocycles. The van der Waals surface area contributed by atoms with Gasteiger partial charge in [-0.2, -0.15) is 0 Å². The van der Waals surface area contributed by atoms with Gasteiger partial charge in [-0.05, 0) is 60.7 Å². The molecule has 1 aliphatic heterocycles. The number of hydrogen-bond donors (Lipinski definition) is 1. The first-order valence-electron chi connectivity index (χ1n) is 10.5. The second-order valence-corrected chi connectivity index (χ2v) is 12.4. The van der Waals surface area contributed by atoms with E-state index in [1.807, 2.05) is 24.3 Å². The van der Waals surface area contributed by atoms with E-state index in [2.05, 4.69) is 20.8 Å². The molecule has 1 unspecified atom stereocenters. The molecule has 0 aliphatic carbocycles. The third-order valence-corrected chi connectivity index (χ3v) is 7.58. The minimum absolute atomic E-state index is 0.0464. The van der Waals surface area contributed by atoms with E-state index in [-0.39, 0.29) is 23.4 Å². The first kappa shape index (κ1) is 25.3. The highest BCUT2D eigenvalue weighted by atomic mass is 35.5. The third kappa shape index (κ3) is 6.61.